The second kappa shape index (κ2) is 8.21. The summed E-state index contributed by atoms with van der Waals surface area (Å²) in [4.78, 5) is 25.3. The van der Waals surface area contributed by atoms with Crippen molar-refractivity contribution in [1.82, 2.24) is 5.32 Å². The Balaban J connectivity index is 1.38. The first-order valence-corrected chi connectivity index (χ1v) is 9.69. The van der Waals surface area contributed by atoms with E-state index in [-0.39, 0.29) is 18.2 Å². The van der Waals surface area contributed by atoms with Gasteiger partial charge in [-0.3, -0.25) is 9.59 Å². The Morgan fingerprint density at radius 3 is 3.00 bits per heavy atom. The summed E-state index contributed by atoms with van der Waals surface area (Å²) < 4.78 is 5.61. The SMILES string of the molecule is O=C(C[C@H]1Oc2ccccc2NC1=O)NCCSCc1cccs1. The molecular weight excluding hydrogens is 344 g/mol. The molecule has 0 fully saturated rings. The van der Waals surface area contributed by atoms with E-state index in [0.717, 1.165) is 11.5 Å². The Hall–Kier alpha value is -1.99. The predicted molar refractivity (Wildman–Crippen MR) is 97.6 cm³/mol. The van der Waals surface area contributed by atoms with Crippen LogP contribution >= 0.6 is 23.1 Å². The third-order valence-corrected chi connectivity index (χ3v) is 5.54. The number of fused-ring (bicyclic) bond motifs is 1. The molecule has 0 radical (unpaired) electrons. The minimum absolute atomic E-state index is 0.0236. The molecular formula is C17H18N2O3S2. The molecule has 126 valence electrons. The molecule has 1 aliphatic heterocycles. The van der Waals surface area contributed by atoms with Gasteiger partial charge in [-0.2, -0.15) is 11.8 Å². The van der Waals surface area contributed by atoms with Gasteiger partial charge in [-0.25, -0.2) is 0 Å². The highest BCUT2D eigenvalue weighted by Crippen LogP contribution is 2.29. The molecule has 5 nitrogen and oxygen atoms in total. The molecule has 0 unspecified atom stereocenters. The van der Waals surface area contributed by atoms with Crippen molar-refractivity contribution in [1.29, 1.82) is 0 Å². The molecule has 0 spiro atoms. The van der Waals surface area contributed by atoms with Crippen molar-refractivity contribution >= 4 is 40.6 Å². The van der Waals surface area contributed by atoms with Gasteiger partial charge in [0.2, 0.25) is 5.91 Å². The lowest BCUT2D eigenvalue weighted by atomic mass is 10.1. The molecule has 1 aromatic carbocycles. The second-order valence-corrected chi connectivity index (χ2v) is 7.42. The molecule has 24 heavy (non-hydrogen) atoms. The highest BCUT2D eigenvalue weighted by molar-refractivity contribution is 7.98. The van der Waals surface area contributed by atoms with E-state index in [1.807, 2.05) is 18.2 Å². The van der Waals surface area contributed by atoms with Gasteiger partial charge in [-0.05, 0) is 23.6 Å². The molecule has 2 aromatic rings. The van der Waals surface area contributed by atoms with Crippen molar-refractivity contribution in [3.63, 3.8) is 0 Å². The van der Waals surface area contributed by atoms with Crippen molar-refractivity contribution < 1.29 is 14.3 Å². The molecule has 2 N–H and O–H groups in total. The van der Waals surface area contributed by atoms with Gasteiger partial charge in [-0.15, -0.1) is 11.3 Å². The monoisotopic (exact) mass is 362 g/mol. The lowest BCUT2D eigenvalue weighted by Gasteiger charge is -2.25. The molecule has 2 heterocycles. The maximum absolute atomic E-state index is 12.0. The van der Waals surface area contributed by atoms with E-state index < -0.39 is 6.10 Å². The van der Waals surface area contributed by atoms with Gasteiger partial charge in [0.1, 0.15) is 5.75 Å². The Bertz CT molecular complexity index is 704. The maximum atomic E-state index is 12.0. The summed E-state index contributed by atoms with van der Waals surface area (Å²) >= 11 is 3.51. The Kier molecular flexibility index (Phi) is 5.77. The Morgan fingerprint density at radius 2 is 2.17 bits per heavy atom. The average Bonchev–Trinajstić information content (AvgIpc) is 3.08. The van der Waals surface area contributed by atoms with Crippen LogP contribution in [0.4, 0.5) is 5.69 Å². The highest BCUT2D eigenvalue weighted by Gasteiger charge is 2.29. The number of nitrogens with one attached hydrogen (secondary N) is 2. The van der Waals surface area contributed by atoms with Gasteiger partial charge in [-0.1, -0.05) is 18.2 Å². The van der Waals surface area contributed by atoms with E-state index in [4.69, 9.17) is 4.74 Å². The van der Waals surface area contributed by atoms with Crippen molar-refractivity contribution in [3.8, 4) is 5.75 Å². The number of thiophene rings is 1. The standard InChI is InChI=1S/C17H18N2O3S2/c20-16(18-7-9-23-11-12-4-3-8-24-12)10-15-17(21)19-13-5-1-2-6-14(13)22-15/h1-6,8,15H,7,9-11H2,(H,18,20)(H,19,21)/t15-/m1/s1. The van der Waals surface area contributed by atoms with Crippen molar-refractivity contribution in [2.24, 2.45) is 0 Å². The van der Waals surface area contributed by atoms with Gasteiger partial charge in [0.15, 0.2) is 6.10 Å². The number of thioether (sulfide) groups is 1. The van der Waals surface area contributed by atoms with Crippen LogP contribution in [0.2, 0.25) is 0 Å². The quantitative estimate of drug-likeness (QED) is 0.743. The zero-order valence-electron chi connectivity index (χ0n) is 13.0. The molecule has 3 rings (SSSR count). The van der Waals surface area contributed by atoms with E-state index in [1.165, 1.54) is 4.88 Å². The Morgan fingerprint density at radius 1 is 1.29 bits per heavy atom. The van der Waals surface area contributed by atoms with Crippen LogP contribution in [0.5, 0.6) is 5.75 Å². The first-order valence-electron chi connectivity index (χ1n) is 7.66. The molecule has 0 saturated heterocycles. The van der Waals surface area contributed by atoms with Crippen molar-refractivity contribution in [2.75, 3.05) is 17.6 Å². The van der Waals surface area contributed by atoms with Crippen LogP contribution in [0.25, 0.3) is 0 Å². The van der Waals surface area contributed by atoms with Crippen LogP contribution < -0.4 is 15.4 Å². The summed E-state index contributed by atoms with van der Waals surface area (Å²) in [5.74, 6) is 1.94. The summed E-state index contributed by atoms with van der Waals surface area (Å²) in [6, 6.07) is 11.3. The average molecular weight is 362 g/mol. The van der Waals surface area contributed by atoms with Crippen LogP contribution in [0, 0.1) is 0 Å². The smallest absolute Gasteiger partial charge is 0.266 e. The van der Waals surface area contributed by atoms with Crippen LogP contribution in [0.1, 0.15) is 11.3 Å². The fourth-order valence-electron chi connectivity index (χ4n) is 2.30. The van der Waals surface area contributed by atoms with Gasteiger partial charge in [0.05, 0.1) is 12.1 Å². The normalized spacial score (nSPS) is 16.0. The van der Waals surface area contributed by atoms with Crippen LogP contribution in [0.3, 0.4) is 0 Å². The molecule has 7 heteroatoms. The van der Waals surface area contributed by atoms with Crippen LogP contribution in [0.15, 0.2) is 41.8 Å². The molecule has 0 aliphatic carbocycles. The number of carbonyl (C=O) groups excluding carboxylic acids is 2. The van der Waals surface area contributed by atoms with E-state index in [2.05, 4.69) is 22.1 Å². The number of rotatable bonds is 7. The summed E-state index contributed by atoms with van der Waals surface area (Å²) in [5, 5.41) is 7.66. The lowest BCUT2D eigenvalue weighted by Crippen LogP contribution is -2.41. The largest absolute Gasteiger partial charge is 0.478 e. The first-order chi connectivity index (χ1) is 11.7. The third kappa shape index (κ3) is 4.52. The maximum Gasteiger partial charge on any atom is 0.266 e. The number of para-hydroxylation sites is 2. The van der Waals surface area contributed by atoms with Gasteiger partial charge in [0.25, 0.3) is 5.91 Å². The van der Waals surface area contributed by atoms with Crippen molar-refractivity contribution in [2.45, 2.75) is 18.3 Å². The number of hydrogen-bond acceptors (Lipinski definition) is 5. The third-order valence-electron chi connectivity index (χ3n) is 3.47. The fourth-order valence-corrected chi connectivity index (χ4v) is 4.00. The summed E-state index contributed by atoms with van der Waals surface area (Å²) in [6.07, 6.45) is -0.755. The minimum Gasteiger partial charge on any atom is -0.478 e. The van der Waals surface area contributed by atoms with Gasteiger partial charge < -0.3 is 15.4 Å². The number of hydrogen-bond donors (Lipinski definition) is 2. The summed E-state index contributed by atoms with van der Waals surface area (Å²) in [6.45, 7) is 0.583. The second-order valence-electron chi connectivity index (χ2n) is 5.28. The first kappa shape index (κ1) is 16.9. The van der Waals surface area contributed by atoms with E-state index in [1.54, 1.807) is 35.2 Å². The predicted octanol–water partition coefficient (Wildman–Crippen LogP) is 2.89. The van der Waals surface area contributed by atoms with E-state index in [9.17, 15) is 9.59 Å². The fraction of sp³-hybridized carbons (Fsp3) is 0.294. The topological polar surface area (TPSA) is 67.4 Å². The van der Waals surface area contributed by atoms with E-state index in [0.29, 0.717) is 18.0 Å². The molecule has 2 amide bonds. The molecule has 0 saturated carbocycles. The number of anilines is 1. The molecule has 0 bridgehead atoms. The zero-order chi connectivity index (χ0) is 16.8. The Labute approximate surface area is 148 Å². The van der Waals surface area contributed by atoms with E-state index >= 15 is 0 Å². The molecule has 1 atom stereocenters. The van der Waals surface area contributed by atoms with Gasteiger partial charge in [0, 0.05) is 22.9 Å². The number of amides is 2. The number of carbonyl (C=O) groups is 2. The summed E-state index contributed by atoms with van der Waals surface area (Å²) in [5.41, 5.74) is 0.643. The number of ether oxygens (including phenoxy) is 1. The van der Waals surface area contributed by atoms with Crippen LogP contribution in [-0.2, 0) is 15.3 Å². The number of benzene rings is 1. The lowest BCUT2D eigenvalue weighted by molar-refractivity contribution is -0.130. The van der Waals surface area contributed by atoms with Gasteiger partial charge >= 0.3 is 0 Å². The molecule has 1 aliphatic rings. The highest BCUT2D eigenvalue weighted by atomic mass is 32.2. The molecule has 1 aromatic heterocycles. The van der Waals surface area contributed by atoms with Crippen molar-refractivity contribution in [3.05, 3.63) is 46.7 Å². The summed E-state index contributed by atoms with van der Waals surface area (Å²) in [7, 11) is 0. The minimum atomic E-state index is -0.779. The zero-order valence-corrected chi connectivity index (χ0v) is 14.6. The van der Waals surface area contributed by atoms with Crippen LogP contribution in [-0.4, -0.2) is 30.2 Å².